The zero-order valence-electron chi connectivity index (χ0n) is 36.1. The van der Waals surface area contributed by atoms with Crippen LogP contribution in [0.4, 0.5) is 26.3 Å². The van der Waals surface area contributed by atoms with Crippen molar-refractivity contribution in [1.29, 1.82) is 0 Å². The second-order valence-corrected chi connectivity index (χ2v) is 20.2. The SMILES string of the molecule is C.CO.FC1(F)CN(CC2[C@H]3CC(Cc4ccccc4)C[C@@H]23)C1.FC1(F)CN(CC2[C@H]3CNC[C@@H]23)C1.O=C(C1[C@H]2CC(Cc3ccccc3)C[C@@H]12)N1CC(F)(F)C1.[B]C1CCCO1. The van der Waals surface area contributed by atoms with Crippen LogP contribution in [0.5, 0.6) is 0 Å². The Hall–Kier alpha value is -2.65. The van der Waals surface area contributed by atoms with Crippen LogP contribution < -0.4 is 5.32 Å². The number of fused-ring (bicyclic) bond motifs is 3. The molecule has 5 aliphatic heterocycles. The lowest BCUT2D eigenvalue weighted by molar-refractivity contribution is -0.167. The van der Waals surface area contributed by atoms with Gasteiger partial charge in [0, 0.05) is 38.7 Å². The van der Waals surface area contributed by atoms with Crippen LogP contribution in [-0.4, -0.2) is 136 Å². The van der Waals surface area contributed by atoms with Gasteiger partial charge in [0.1, 0.15) is 7.85 Å². The largest absolute Gasteiger partial charge is 0.400 e. The van der Waals surface area contributed by atoms with E-state index in [9.17, 15) is 31.1 Å². The van der Waals surface area contributed by atoms with Crippen LogP contribution in [0.1, 0.15) is 57.1 Å². The summed E-state index contributed by atoms with van der Waals surface area (Å²) in [5, 5.41) is 10.3. The third-order valence-electron chi connectivity index (χ3n) is 15.4. The van der Waals surface area contributed by atoms with Crippen LogP contribution in [0.25, 0.3) is 0 Å². The standard InChI is InChI=1S/C17H19F2NO.C17H21F2N.C9H14F2N2.C4H7BO.CH4O.CH4/c18-17(19)9-20(10-17)16(21)15-13-7-12(8-14(13)15)6-11-4-2-1-3-5-11;18-17(19)10-20(11-17)9-16-14-7-13(8-15(14)16)6-12-4-2-1-3-5-12;10-9(11)4-13(5-9)3-8-6-1-12-2-7(6)8;5-4-2-1-3-6-4;1-2;/h1-5,12-15H,6-10H2;1-5,13-16H,6-11H2;6-8,12H,1-5H2;4H,1-3H2;2H,1H3;1H4/t12?,13-,14+,15?;13?,14-,15+,16?;6-,7+,8?;;;. The number of hydrogen-bond acceptors (Lipinski definition) is 6. The van der Waals surface area contributed by atoms with Crippen molar-refractivity contribution >= 4 is 13.8 Å². The quantitative estimate of drug-likeness (QED) is 0.203. The number of alkyl halides is 6. The zero-order chi connectivity index (χ0) is 43.8. The summed E-state index contributed by atoms with van der Waals surface area (Å²) in [5.74, 6) is -0.305. The van der Waals surface area contributed by atoms with Gasteiger partial charge in [-0.05, 0) is 135 Å². The number of halogens is 6. The Balaban J connectivity index is 0.000000132. The Morgan fingerprint density at radius 1 is 0.667 bits per heavy atom. The molecular formula is C49H69BF6N4O3. The second kappa shape index (κ2) is 20.1. The monoisotopic (exact) mass is 887 g/mol. The molecule has 14 heteroatoms. The summed E-state index contributed by atoms with van der Waals surface area (Å²) >= 11 is 0. The predicted molar refractivity (Wildman–Crippen MR) is 234 cm³/mol. The molecule has 0 bridgehead atoms. The Bertz CT molecular complexity index is 1720. The van der Waals surface area contributed by atoms with Gasteiger partial charge in [0.2, 0.25) is 5.91 Å². The molecule has 5 saturated carbocycles. The molecule has 2 aromatic carbocycles. The summed E-state index contributed by atoms with van der Waals surface area (Å²) in [6, 6.07) is 21.2. The number of nitrogens with zero attached hydrogens (tertiary/aromatic N) is 3. The van der Waals surface area contributed by atoms with Gasteiger partial charge in [-0.3, -0.25) is 14.6 Å². The average molecular weight is 887 g/mol. The molecule has 348 valence electrons. The Labute approximate surface area is 372 Å². The number of aliphatic hydroxyl groups excluding tert-OH is 1. The van der Waals surface area contributed by atoms with Gasteiger partial charge in [0.05, 0.1) is 39.3 Å². The number of rotatable bonds is 9. The molecular weight excluding hydrogens is 817 g/mol. The maximum atomic E-state index is 12.8. The summed E-state index contributed by atoms with van der Waals surface area (Å²) in [5.41, 5.74) is 2.80. The molecule has 5 saturated heterocycles. The molecule has 12 rings (SSSR count). The molecule has 10 fully saturated rings. The smallest absolute Gasteiger partial charge is 0.282 e. The highest BCUT2D eigenvalue weighted by Crippen LogP contribution is 2.62. The first-order chi connectivity index (χ1) is 29.7. The lowest BCUT2D eigenvalue weighted by Gasteiger charge is -2.39. The normalized spacial score (nSPS) is 37.2. The van der Waals surface area contributed by atoms with Crippen LogP contribution in [0.15, 0.2) is 60.7 Å². The average Bonchev–Trinajstić information content (AvgIpc) is 3.85. The third kappa shape index (κ3) is 12.2. The Morgan fingerprint density at radius 2 is 1.08 bits per heavy atom. The number of carbonyl (C=O) groups is 1. The van der Waals surface area contributed by atoms with Crippen molar-refractivity contribution < 1.29 is 41.0 Å². The van der Waals surface area contributed by atoms with Gasteiger partial charge in [0.25, 0.3) is 17.8 Å². The molecule has 2 N–H and O–H groups in total. The molecule has 1 amide bonds. The van der Waals surface area contributed by atoms with E-state index in [-0.39, 0.29) is 64.5 Å². The minimum absolute atomic E-state index is 0. The van der Waals surface area contributed by atoms with E-state index in [1.165, 1.54) is 35.3 Å². The van der Waals surface area contributed by atoms with Gasteiger partial charge in [-0.2, -0.15) is 0 Å². The fraction of sp³-hybridized carbons (Fsp3) is 0.735. The highest BCUT2D eigenvalue weighted by molar-refractivity contribution is 6.11. The van der Waals surface area contributed by atoms with E-state index in [2.05, 4.69) is 59.9 Å². The predicted octanol–water partition coefficient (Wildman–Crippen LogP) is 7.37. The van der Waals surface area contributed by atoms with E-state index in [1.54, 1.807) is 0 Å². The zero-order valence-corrected chi connectivity index (χ0v) is 36.1. The van der Waals surface area contributed by atoms with Crippen molar-refractivity contribution in [2.24, 2.45) is 65.1 Å². The Kier molecular flexibility index (Phi) is 15.4. The number of benzene rings is 2. The highest BCUT2D eigenvalue weighted by Gasteiger charge is 2.62. The maximum absolute atomic E-state index is 12.8. The van der Waals surface area contributed by atoms with Crippen molar-refractivity contribution in [3.8, 4) is 0 Å². The molecule has 2 aromatic rings. The van der Waals surface area contributed by atoms with Gasteiger partial charge in [-0.15, -0.1) is 0 Å². The highest BCUT2D eigenvalue weighted by atomic mass is 19.3. The van der Waals surface area contributed by atoms with E-state index in [0.29, 0.717) is 17.8 Å². The molecule has 7 nitrogen and oxygen atoms in total. The molecule has 0 aromatic heterocycles. The molecule has 0 spiro atoms. The molecule has 5 aliphatic carbocycles. The fourth-order valence-electron chi connectivity index (χ4n) is 12.3. The number of amides is 1. The lowest BCUT2D eigenvalue weighted by atomic mass is 9.92. The van der Waals surface area contributed by atoms with Crippen molar-refractivity contribution in [2.45, 2.75) is 82.6 Å². The minimum atomic E-state index is -2.64. The summed E-state index contributed by atoms with van der Waals surface area (Å²) < 4.78 is 81.2. The van der Waals surface area contributed by atoms with E-state index in [4.69, 9.17) is 17.7 Å². The Morgan fingerprint density at radius 3 is 1.44 bits per heavy atom. The van der Waals surface area contributed by atoms with Crippen molar-refractivity contribution in [3.05, 3.63) is 71.8 Å². The summed E-state index contributed by atoms with van der Waals surface area (Å²) in [7, 11) is 6.31. The van der Waals surface area contributed by atoms with Gasteiger partial charge in [0.15, 0.2) is 0 Å². The maximum Gasteiger partial charge on any atom is 0.282 e. The molecule has 6 unspecified atom stereocenters. The van der Waals surface area contributed by atoms with Crippen molar-refractivity contribution in [3.63, 3.8) is 0 Å². The number of piperidine rings is 1. The van der Waals surface area contributed by atoms with Crippen molar-refractivity contribution in [1.82, 2.24) is 20.0 Å². The topological polar surface area (TPSA) is 68.3 Å². The van der Waals surface area contributed by atoms with Gasteiger partial charge >= 0.3 is 0 Å². The van der Waals surface area contributed by atoms with Crippen LogP contribution in [0.3, 0.4) is 0 Å². The molecule has 5 heterocycles. The molecule has 12 atom stereocenters. The number of nitrogens with one attached hydrogen (secondary N) is 1. The first-order valence-electron chi connectivity index (χ1n) is 23.2. The van der Waals surface area contributed by atoms with E-state index in [0.717, 1.165) is 113 Å². The van der Waals surface area contributed by atoms with Gasteiger partial charge < -0.3 is 20.1 Å². The molecule has 2 radical (unpaired) electrons. The molecule has 63 heavy (non-hydrogen) atoms. The number of carbonyl (C=O) groups excluding carboxylic acids is 1. The first kappa shape index (κ1) is 48.3. The first-order valence-corrected chi connectivity index (χ1v) is 23.2. The van der Waals surface area contributed by atoms with Crippen molar-refractivity contribution in [2.75, 3.05) is 79.2 Å². The number of aliphatic hydroxyl groups is 1. The number of likely N-dealkylation sites (tertiary alicyclic amines) is 3. The summed E-state index contributed by atoms with van der Waals surface area (Å²) in [6.07, 6.45) is 9.25. The summed E-state index contributed by atoms with van der Waals surface area (Å²) in [6.45, 7) is 4.17. The van der Waals surface area contributed by atoms with Gasteiger partial charge in [-0.1, -0.05) is 68.1 Å². The second-order valence-electron chi connectivity index (χ2n) is 20.2. The van der Waals surface area contributed by atoms with Crippen LogP contribution in [0.2, 0.25) is 0 Å². The van der Waals surface area contributed by atoms with E-state index < -0.39 is 17.8 Å². The molecule has 10 aliphatic rings. The minimum Gasteiger partial charge on any atom is -0.400 e. The summed E-state index contributed by atoms with van der Waals surface area (Å²) in [4.78, 5) is 17.3. The van der Waals surface area contributed by atoms with Gasteiger partial charge in [-0.25, -0.2) is 26.3 Å². The van der Waals surface area contributed by atoms with E-state index >= 15 is 0 Å². The van der Waals surface area contributed by atoms with Crippen LogP contribution >= 0.6 is 0 Å². The fourth-order valence-corrected chi connectivity index (χ4v) is 12.3. The third-order valence-corrected chi connectivity index (χ3v) is 15.4. The van der Waals surface area contributed by atoms with Crippen LogP contribution in [0, 0.1) is 65.1 Å². The lowest BCUT2D eigenvalue weighted by Crippen LogP contribution is -2.59. The number of hydrogen-bond donors (Lipinski definition) is 2. The van der Waals surface area contributed by atoms with Crippen LogP contribution in [-0.2, 0) is 22.4 Å². The number of ether oxygens (including phenoxy) is 1. The van der Waals surface area contributed by atoms with E-state index in [1.807, 2.05) is 15.9 Å².